The molecule has 2 rings (SSSR count). The van der Waals surface area contributed by atoms with E-state index >= 15 is 0 Å². The minimum atomic E-state index is -2.59. The van der Waals surface area contributed by atoms with Crippen molar-refractivity contribution in [1.29, 1.82) is 0 Å². The van der Waals surface area contributed by atoms with Crippen LogP contribution >= 0.6 is 0 Å². The third-order valence-corrected chi connectivity index (χ3v) is 10.5. The lowest BCUT2D eigenvalue weighted by atomic mass is 10.1. The lowest BCUT2D eigenvalue weighted by Crippen LogP contribution is -2.67. The van der Waals surface area contributed by atoms with Gasteiger partial charge in [0.25, 0.3) is 8.32 Å². The standard InChI is InChI=1S/C27H36O2Si/c1-5-6-10-17-24(18-11-9-16-23-28)29-30(27(2,3)4,25-19-12-7-13-20-25)26-21-14-8-15-22-26/h7-8,11-15,18-22,24,28H,5-6,10,17,23H2,1-4H3/b18-11+. The SMILES string of the molecule is CCCCCC(/C=C/C#CCO)O[Si](c1ccccc1)(c1ccccc1)C(C)(C)C. The van der Waals surface area contributed by atoms with Gasteiger partial charge in [0.15, 0.2) is 0 Å². The summed E-state index contributed by atoms with van der Waals surface area (Å²) in [5.41, 5.74) is 0. The molecule has 1 N–H and O–H groups in total. The summed E-state index contributed by atoms with van der Waals surface area (Å²) < 4.78 is 7.22. The van der Waals surface area contributed by atoms with Crippen molar-refractivity contribution in [1.82, 2.24) is 0 Å². The van der Waals surface area contributed by atoms with Crippen LogP contribution in [0.2, 0.25) is 5.04 Å². The Morgan fingerprint density at radius 2 is 1.53 bits per heavy atom. The molecule has 1 unspecified atom stereocenters. The Hall–Kier alpha value is -2.12. The van der Waals surface area contributed by atoms with Crippen LogP contribution in [0.15, 0.2) is 72.8 Å². The van der Waals surface area contributed by atoms with Crippen LogP contribution < -0.4 is 10.4 Å². The van der Waals surface area contributed by atoms with Crippen LogP contribution in [0.5, 0.6) is 0 Å². The van der Waals surface area contributed by atoms with Crippen LogP contribution in [0.1, 0.15) is 53.4 Å². The second kappa shape index (κ2) is 11.9. The van der Waals surface area contributed by atoms with Crippen molar-refractivity contribution < 1.29 is 9.53 Å². The van der Waals surface area contributed by atoms with Gasteiger partial charge < -0.3 is 9.53 Å². The Kier molecular flexibility index (Phi) is 9.59. The van der Waals surface area contributed by atoms with Crippen LogP contribution in [0, 0.1) is 11.8 Å². The monoisotopic (exact) mass is 420 g/mol. The van der Waals surface area contributed by atoms with Crippen molar-refractivity contribution in [3.8, 4) is 11.8 Å². The number of rotatable bonds is 9. The normalized spacial score (nSPS) is 13.1. The smallest absolute Gasteiger partial charge is 0.261 e. The van der Waals surface area contributed by atoms with E-state index < -0.39 is 8.32 Å². The second-order valence-corrected chi connectivity index (χ2v) is 12.9. The van der Waals surface area contributed by atoms with Crippen molar-refractivity contribution >= 4 is 18.7 Å². The van der Waals surface area contributed by atoms with Crippen molar-refractivity contribution in [3.63, 3.8) is 0 Å². The predicted molar refractivity (Wildman–Crippen MR) is 131 cm³/mol. The molecule has 0 aliphatic rings. The van der Waals surface area contributed by atoms with Crippen LogP contribution in [-0.2, 0) is 4.43 Å². The first kappa shape index (κ1) is 24.1. The molecular weight excluding hydrogens is 384 g/mol. The zero-order chi connectivity index (χ0) is 21.9. The highest BCUT2D eigenvalue weighted by Gasteiger charge is 2.51. The molecule has 0 amide bonds. The van der Waals surface area contributed by atoms with Gasteiger partial charge in [-0.3, -0.25) is 0 Å². The molecule has 0 saturated carbocycles. The fraction of sp³-hybridized carbons (Fsp3) is 0.407. The Morgan fingerprint density at radius 3 is 2.00 bits per heavy atom. The lowest BCUT2D eigenvalue weighted by Gasteiger charge is -2.44. The number of allylic oxidation sites excluding steroid dienone is 1. The molecule has 2 aromatic carbocycles. The first-order valence-electron chi connectivity index (χ1n) is 11.0. The molecule has 160 valence electrons. The largest absolute Gasteiger partial charge is 0.401 e. The number of hydrogen-bond acceptors (Lipinski definition) is 2. The molecule has 3 heteroatoms. The molecule has 0 fully saturated rings. The summed E-state index contributed by atoms with van der Waals surface area (Å²) in [6.45, 7) is 9.01. The van der Waals surface area contributed by atoms with E-state index in [0.717, 1.165) is 12.8 Å². The summed E-state index contributed by atoms with van der Waals surface area (Å²) >= 11 is 0. The molecule has 0 radical (unpaired) electrons. The third kappa shape index (κ3) is 6.19. The quantitative estimate of drug-likeness (QED) is 0.349. The maximum Gasteiger partial charge on any atom is 0.261 e. The van der Waals surface area contributed by atoms with E-state index in [-0.39, 0.29) is 17.7 Å². The summed E-state index contributed by atoms with van der Waals surface area (Å²) in [6.07, 6.45) is 8.36. The number of hydrogen-bond donors (Lipinski definition) is 1. The zero-order valence-corrected chi connectivity index (χ0v) is 19.9. The van der Waals surface area contributed by atoms with E-state index in [2.05, 4.69) is 106 Å². The molecule has 0 aliphatic heterocycles. The summed E-state index contributed by atoms with van der Waals surface area (Å²) in [6, 6.07) is 21.5. The zero-order valence-electron chi connectivity index (χ0n) is 18.9. The first-order valence-corrected chi connectivity index (χ1v) is 12.9. The molecule has 0 spiro atoms. The number of aliphatic hydroxyl groups excluding tert-OH is 1. The molecule has 1 atom stereocenters. The van der Waals surface area contributed by atoms with Gasteiger partial charge in [-0.2, -0.15) is 0 Å². The summed E-state index contributed by atoms with van der Waals surface area (Å²) in [5, 5.41) is 11.5. The molecule has 0 saturated heterocycles. The van der Waals surface area contributed by atoms with Crippen LogP contribution in [0.4, 0.5) is 0 Å². The Bertz CT molecular complexity index is 786. The van der Waals surface area contributed by atoms with Crippen LogP contribution in [0.25, 0.3) is 0 Å². The number of benzene rings is 2. The fourth-order valence-electron chi connectivity index (χ4n) is 3.97. The van der Waals surface area contributed by atoms with Crippen LogP contribution in [0.3, 0.4) is 0 Å². The Balaban J connectivity index is 2.56. The van der Waals surface area contributed by atoms with Gasteiger partial charge in [0, 0.05) is 0 Å². The molecule has 2 nitrogen and oxygen atoms in total. The molecule has 30 heavy (non-hydrogen) atoms. The van der Waals surface area contributed by atoms with E-state index in [9.17, 15) is 0 Å². The van der Waals surface area contributed by atoms with E-state index in [1.807, 2.05) is 6.08 Å². The van der Waals surface area contributed by atoms with Gasteiger partial charge in [-0.1, -0.05) is 119 Å². The minimum Gasteiger partial charge on any atom is -0.401 e. The molecule has 0 bridgehead atoms. The maximum atomic E-state index is 8.96. The average molecular weight is 421 g/mol. The lowest BCUT2D eigenvalue weighted by molar-refractivity contribution is 0.218. The van der Waals surface area contributed by atoms with E-state index in [1.54, 1.807) is 0 Å². The highest BCUT2D eigenvalue weighted by Crippen LogP contribution is 2.38. The van der Waals surface area contributed by atoms with Crippen molar-refractivity contribution in [3.05, 3.63) is 72.8 Å². The number of unbranched alkanes of at least 4 members (excludes halogenated alkanes) is 2. The minimum absolute atomic E-state index is 0.0177. The molecule has 0 aromatic heterocycles. The van der Waals surface area contributed by atoms with Gasteiger partial charge >= 0.3 is 0 Å². The van der Waals surface area contributed by atoms with Gasteiger partial charge in [-0.05, 0) is 34.0 Å². The average Bonchev–Trinajstić information content (AvgIpc) is 2.75. The predicted octanol–water partition coefficient (Wildman–Crippen LogP) is 5.06. The maximum absolute atomic E-state index is 8.96. The topological polar surface area (TPSA) is 29.5 Å². The van der Waals surface area contributed by atoms with Gasteiger partial charge in [0.1, 0.15) is 6.61 Å². The second-order valence-electron chi connectivity index (χ2n) is 8.65. The summed E-state index contributed by atoms with van der Waals surface area (Å²) in [5.74, 6) is 5.62. The van der Waals surface area contributed by atoms with Crippen molar-refractivity contribution in [2.45, 2.75) is 64.5 Å². The molecular formula is C27H36O2Si. The van der Waals surface area contributed by atoms with E-state index in [1.165, 1.54) is 23.2 Å². The van der Waals surface area contributed by atoms with Gasteiger partial charge in [-0.15, -0.1) is 0 Å². The van der Waals surface area contributed by atoms with E-state index in [4.69, 9.17) is 9.53 Å². The summed E-state index contributed by atoms with van der Waals surface area (Å²) in [7, 11) is -2.59. The van der Waals surface area contributed by atoms with Crippen LogP contribution in [-0.4, -0.2) is 26.1 Å². The third-order valence-electron chi connectivity index (χ3n) is 5.41. The van der Waals surface area contributed by atoms with Gasteiger partial charge in [0.05, 0.1) is 6.10 Å². The highest BCUT2D eigenvalue weighted by atomic mass is 28.4. The van der Waals surface area contributed by atoms with Gasteiger partial charge in [0.2, 0.25) is 0 Å². The van der Waals surface area contributed by atoms with Gasteiger partial charge in [-0.25, -0.2) is 0 Å². The Morgan fingerprint density at radius 1 is 0.967 bits per heavy atom. The fourth-order valence-corrected chi connectivity index (χ4v) is 8.63. The summed E-state index contributed by atoms with van der Waals surface area (Å²) in [4.78, 5) is 0. The number of aliphatic hydroxyl groups is 1. The Labute approximate surface area is 184 Å². The highest BCUT2D eigenvalue weighted by molar-refractivity contribution is 6.99. The van der Waals surface area contributed by atoms with Crippen molar-refractivity contribution in [2.24, 2.45) is 0 Å². The first-order chi connectivity index (χ1) is 14.5. The molecule has 0 aliphatic carbocycles. The molecule has 2 aromatic rings. The van der Waals surface area contributed by atoms with Crippen molar-refractivity contribution in [2.75, 3.05) is 6.61 Å². The van der Waals surface area contributed by atoms with E-state index in [0.29, 0.717) is 0 Å². The molecule has 0 heterocycles.